The van der Waals surface area contributed by atoms with Crippen molar-refractivity contribution in [3.05, 3.63) is 0 Å². The minimum absolute atomic E-state index is 0.0730. The lowest BCUT2D eigenvalue weighted by Gasteiger charge is -1.84. The molecule has 0 aliphatic carbocycles. The maximum Gasteiger partial charge on any atom is 0.218 e. The number of hydrogen-bond acceptors (Lipinski definition) is 2. The molecule has 0 spiro atoms. The second kappa shape index (κ2) is 6.12. The van der Waals surface area contributed by atoms with Gasteiger partial charge in [0, 0.05) is 19.3 Å². The van der Waals surface area contributed by atoms with Gasteiger partial charge in [0.1, 0.15) is 0 Å². The normalized spacial score (nSPS) is 8.10. The van der Waals surface area contributed by atoms with Gasteiger partial charge in [-0.25, -0.2) is 0 Å². The van der Waals surface area contributed by atoms with E-state index in [0.717, 1.165) is 0 Å². The second-order valence-electron chi connectivity index (χ2n) is 1.79. The van der Waals surface area contributed by atoms with Gasteiger partial charge in [-0.1, -0.05) is 0 Å². The summed E-state index contributed by atoms with van der Waals surface area (Å²) in [4.78, 5) is 10.1. The first-order valence-electron chi connectivity index (χ1n) is 3.12. The van der Waals surface area contributed by atoms with Crippen molar-refractivity contribution in [3.63, 3.8) is 0 Å². The number of aliphatic hydroxyl groups excluding tert-OH is 1. The average molecular weight is 141 g/mol. The zero-order valence-electron chi connectivity index (χ0n) is 5.76. The predicted molar refractivity (Wildman–Crippen MR) is 37.9 cm³/mol. The predicted octanol–water partition coefficient (Wildman–Crippen LogP) is -0.362. The molecule has 0 unspecified atom stereocenters. The Balaban J connectivity index is 3.20. The van der Waals surface area contributed by atoms with E-state index in [1.165, 1.54) is 0 Å². The van der Waals surface area contributed by atoms with Crippen LogP contribution in [-0.2, 0) is 4.79 Å². The second-order valence-corrected chi connectivity index (χ2v) is 1.79. The van der Waals surface area contributed by atoms with E-state index in [1.54, 1.807) is 0 Å². The lowest BCUT2D eigenvalue weighted by atomic mass is 10.3. The van der Waals surface area contributed by atoms with Crippen LogP contribution in [0.15, 0.2) is 0 Å². The van der Waals surface area contributed by atoms with Gasteiger partial charge >= 0.3 is 0 Å². The maximum absolute atomic E-state index is 10.1. The molecule has 3 heteroatoms. The molecule has 0 atom stereocenters. The molecule has 0 aromatic carbocycles. The van der Waals surface area contributed by atoms with Gasteiger partial charge in [-0.2, -0.15) is 0 Å². The Morgan fingerprint density at radius 3 is 2.50 bits per heavy atom. The van der Waals surface area contributed by atoms with Crippen LogP contribution in [0.25, 0.3) is 0 Å². The van der Waals surface area contributed by atoms with Gasteiger partial charge in [0.25, 0.3) is 0 Å². The van der Waals surface area contributed by atoms with E-state index in [1.807, 2.05) is 0 Å². The first-order valence-corrected chi connectivity index (χ1v) is 3.12. The van der Waals surface area contributed by atoms with Gasteiger partial charge in [-0.15, -0.1) is 11.8 Å². The third-order valence-electron chi connectivity index (χ3n) is 0.858. The summed E-state index contributed by atoms with van der Waals surface area (Å²) in [5.74, 6) is 5.05. The number of hydrogen-bond donors (Lipinski definition) is 2. The fourth-order valence-corrected chi connectivity index (χ4v) is 0.418. The largest absolute Gasteiger partial charge is 0.395 e. The molecule has 0 saturated carbocycles. The Bertz CT molecular complexity index is 155. The first kappa shape index (κ1) is 8.99. The van der Waals surface area contributed by atoms with Gasteiger partial charge in [0.2, 0.25) is 5.91 Å². The summed E-state index contributed by atoms with van der Waals surface area (Å²) >= 11 is 0. The summed E-state index contributed by atoms with van der Waals surface area (Å²) in [6, 6.07) is 0. The van der Waals surface area contributed by atoms with Gasteiger partial charge in [-0.3, -0.25) is 4.79 Å². The van der Waals surface area contributed by atoms with Crippen LogP contribution in [-0.4, -0.2) is 17.6 Å². The number of carbonyl (C=O) groups excluding carboxylic acids is 1. The highest BCUT2D eigenvalue weighted by atomic mass is 16.2. The summed E-state index contributed by atoms with van der Waals surface area (Å²) in [5.41, 5.74) is 4.85. The van der Waals surface area contributed by atoms with Crippen LogP contribution in [0.5, 0.6) is 0 Å². The molecular weight excluding hydrogens is 130 g/mol. The molecule has 0 aliphatic rings. The van der Waals surface area contributed by atoms with E-state index in [4.69, 9.17) is 10.8 Å². The van der Waals surface area contributed by atoms with Crippen molar-refractivity contribution in [2.24, 2.45) is 5.73 Å². The van der Waals surface area contributed by atoms with Gasteiger partial charge in [0.15, 0.2) is 0 Å². The molecule has 0 aliphatic heterocycles. The molecule has 10 heavy (non-hydrogen) atoms. The Labute approximate surface area is 60.2 Å². The van der Waals surface area contributed by atoms with E-state index in [-0.39, 0.29) is 12.5 Å². The molecule has 56 valence electrons. The Kier molecular flexibility index (Phi) is 5.50. The quantitative estimate of drug-likeness (QED) is 0.527. The molecule has 0 aromatic rings. The highest BCUT2D eigenvalue weighted by Crippen LogP contribution is 1.83. The van der Waals surface area contributed by atoms with Crippen molar-refractivity contribution in [2.75, 3.05) is 6.61 Å². The highest BCUT2D eigenvalue weighted by Gasteiger charge is 1.87. The molecule has 0 radical (unpaired) electrons. The number of nitrogens with two attached hydrogens (primary N) is 1. The third-order valence-corrected chi connectivity index (χ3v) is 0.858. The Hall–Kier alpha value is -1.01. The van der Waals surface area contributed by atoms with E-state index in [9.17, 15) is 4.79 Å². The molecule has 0 bridgehead atoms. The smallest absolute Gasteiger partial charge is 0.218 e. The SMILES string of the molecule is NC(=O)CCC#CCCO. The number of rotatable bonds is 3. The summed E-state index contributed by atoms with van der Waals surface area (Å²) < 4.78 is 0. The third kappa shape index (κ3) is 6.99. The fourth-order valence-electron chi connectivity index (χ4n) is 0.418. The Morgan fingerprint density at radius 2 is 2.00 bits per heavy atom. The van der Waals surface area contributed by atoms with Gasteiger partial charge in [-0.05, 0) is 0 Å². The average Bonchev–Trinajstić information content (AvgIpc) is 1.87. The van der Waals surface area contributed by atoms with Crippen molar-refractivity contribution in [2.45, 2.75) is 19.3 Å². The molecule has 3 N–H and O–H groups in total. The maximum atomic E-state index is 10.1. The van der Waals surface area contributed by atoms with Gasteiger partial charge < -0.3 is 10.8 Å². The van der Waals surface area contributed by atoms with Crippen LogP contribution in [0.1, 0.15) is 19.3 Å². The lowest BCUT2D eigenvalue weighted by Crippen LogP contribution is -2.08. The standard InChI is InChI=1S/C7H11NO2/c8-7(10)5-3-1-2-4-6-9/h9H,3-6H2,(H2,8,10). The van der Waals surface area contributed by atoms with E-state index >= 15 is 0 Å². The Morgan fingerprint density at radius 1 is 1.40 bits per heavy atom. The lowest BCUT2D eigenvalue weighted by molar-refractivity contribution is -0.117. The number of aliphatic hydroxyl groups is 1. The van der Waals surface area contributed by atoms with E-state index in [0.29, 0.717) is 19.3 Å². The van der Waals surface area contributed by atoms with Crippen LogP contribution >= 0.6 is 0 Å². The minimum Gasteiger partial charge on any atom is -0.395 e. The molecule has 0 fully saturated rings. The highest BCUT2D eigenvalue weighted by molar-refractivity contribution is 5.73. The molecule has 1 amide bonds. The van der Waals surface area contributed by atoms with Crippen molar-refractivity contribution in [1.29, 1.82) is 0 Å². The minimum atomic E-state index is -0.335. The van der Waals surface area contributed by atoms with Crippen molar-refractivity contribution < 1.29 is 9.90 Å². The zero-order chi connectivity index (χ0) is 7.82. The summed E-state index contributed by atoms with van der Waals surface area (Å²) in [6.45, 7) is 0.0730. The van der Waals surface area contributed by atoms with E-state index in [2.05, 4.69) is 11.8 Å². The fraction of sp³-hybridized carbons (Fsp3) is 0.571. The molecule has 3 nitrogen and oxygen atoms in total. The molecule has 0 aromatic heterocycles. The van der Waals surface area contributed by atoms with Crippen molar-refractivity contribution in [1.82, 2.24) is 0 Å². The van der Waals surface area contributed by atoms with Crippen LogP contribution < -0.4 is 5.73 Å². The van der Waals surface area contributed by atoms with E-state index < -0.39 is 0 Å². The zero-order valence-corrected chi connectivity index (χ0v) is 5.76. The molecule has 0 rings (SSSR count). The van der Waals surface area contributed by atoms with Crippen LogP contribution in [0, 0.1) is 11.8 Å². The first-order chi connectivity index (χ1) is 4.77. The van der Waals surface area contributed by atoms with Crippen LogP contribution in [0.3, 0.4) is 0 Å². The number of carbonyl (C=O) groups is 1. The molecular formula is C7H11NO2. The summed E-state index contributed by atoms with van der Waals surface area (Å²) in [6.07, 6.45) is 1.27. The topological polar surface area (TPSA) is 63.3 Å². The van der Waals surface area contributed by atoms with Crippen molar-refractivity contribution in [3.8, 4) is 11.8 Å². The number of amides is 1. The number of primary amides is 1. The molecule has 0 heterocycles. The van der Waals surface area contributed by atoms with Crippen molar-refractivity contribution >= 4 is 5.91 Å². The van der Waals surface area contributed by atoms with Crippen LogP contribution in [0.2, 0.25) is 0 Å². The summed E-state index contributed by atoms with van der Waals surface area (Å²) in [7, 11) is 0. The monoisotopic (exact) mass is 141 g/mol. The van der Waals surface area contributed by atoms with Gasteiger partial charge in [0.05, 0.1) is 6.61 Å². The summed E-state index contributed by atoms with van der Waals surface area (Å²) in [5, 5.41) is 8.28. The molecule has 0 saturated heterocycles. The van der Waals surface area contributed by atoms with Crippen LogP contribution in [0.4, 0.5) is 0 Å².